The number of benzene rings is 2. The number of rotatable bonds is 7. The van der Waals surface area contributed by atoms with Crippen molar-refractivity contribution in [3.63, 3.8) is 0 Å². The second-order valence-electron chi connectivity index (χ2n) is 8.99. The molecule has 0 bridgehead atoms. The fraction of sp³-hybridized carbons (Fsp3) is 0.500. The maximum absolute atomic E-state index is 12.9. The average Bonchev–Trinajstić information content (AvgIpc) is 2.83. The Kier molecular flexibility index (Phi) is 7.01. The van der Waals surface area contributed by atoms with Gasteiger partial charge in [-0.2, -0.15) is 0 Å². The molecule has 2 fully saturated rings. The van der Waals surface area contributed by atoms with Crippen LogP contribution in [0.5, 0.6) is 11.5 Å². The summed E-state index contributed by atoms with van der Waals surface area (Å²) in [4.78, 5) is 15.1. The van der Waals surface area contributed by atoms with Crippen molar-refractivity contribution in [1.29, 1.82) is 0 Å². The van der Waals surface area contributed by atoms with E-state index in [2.05, 4.69) is 10.2 Å². The Hall–Kier alpha value is -2.57. The molecule has 1 heterocycles. The van der Waals surface area contributed by atoms with Crippen molar-refractivity contribution >= 4 is 5.91 Å². The minimum atomic E-state index is -0.700. The monoisotopic (exact) mass is 438 g/mol. The van der Waals surface area contributed by atoms with Crippen LogP contribution in [0.2, 0.25) is 0 Å². The Balaban J connectivity index is 1.60. The number of nitrogens with one attached hydrogen (secondary N) is 1. The molecule has 1 amide bonds. The molecule has 0 radical (unpaired) electrons. The van der Waals surface area contributed by atoms with E-state index >= 15 is 0 Å². The van der Waals surface area contributed by atoms with Crippen molar-refractivity contribution in [3.05, 3.63) is 59.7 Å². The molecular weight excluding hydrogens is 404 g/mol. The van der Waals surface area contributed by atoms with Crippen LogP contribution in [-0.4, -0.2) is 48.8 Å². The Bertz CT molecular complexity index is 919. The number of carbonyl (C=O) groups excluding carboxylic acids is 1. The van der Waals surface area contributed by atoms with Crippen LogP contribution in [0, 0.1) is 5.92 Å². The van der Waals surface area contributed by atoms with E-state index < -0.39 is 5.60 Å². The predicted molar refractivity (Wildman–Crippen MR) is 124 cm³/mol. The number of fused-ring (bicyclic) bond motifs is 1. The predicted octanol–water partition coefficient (Wildman–Crippen LogP) is 3.69. The third-order valence-electron chi connectivity index (χ3n) is 7.11. The van der Waals surface area contributed by atoms with Gasteiger partial charge in [0.15, 0.2) is 0 Å². The molecule has 4 rings (SSSR count). The number of piperidine rings is 1. The molecule has 2 aromatic rings. The van der Waals surface area contributed by atoms with E-state index in [1.807, 2.05) is 48.5 Å². The number of hydrogen-bond donors (Lipinski definition) is 2. The van der Waals surface area contributed by atoms with Crippen molar-refractivity contribution in [1.82, 2.24) is 10.2 Å². The molecule has 6 nitrogen and oxygen atoms in total. The van der Waals surface area contributed by atoms with Crippen LogP contribution in [0.4, 0.5) is 0 Å². The Morgan fingerprint density at radius 2 is 1.94 bits per heavy atom. The first-order valence-electron chi connectivity index (χ1n) is 11.5. The summed E-state index contributed by atoms with van der Waals surface area (Å²) in [7, 11) is 3.32. The maximum atomic E-state index is 12.9. The summed E-state index contributed by atoms with van der Waals surface area (Å²) in [5, 5.41) is 14.6. The first-order chi connectivity index (χ1) is 15.5. The van der Waals surface area contributed by atoms with Gasteiger partial charge >= 0.3 is 0 Å². The summed E-state index contributed by atoms with van der Waals surface area (Å²) in [5.41, 5.74) is 1.36. The van der Waals surface area contributed by atoms with Crippen LogP contribution in [0.25, 0.3) is 0 Å². The van der Waals surface area contributed by atoms with E-state index in [0.717, 1.165) is 48.3 Å². The molecule has 6 heteroatoms. The van der Waals surface area contributed by atoms with Gasteiger partial charge in [-0.25, -0.2) is 0 Å². The quantitative estimate of drug-likeness (QED) is 0.690. The van der Waals surface area contributed by atoms with Gasteiger partial charge < -0.3 is 19.9 Å². The molecule has 0 aromatic heterocycles. The summed E-state index contributed by atoms with van der Waals surface area (Å²) in [6.45, 7) is 1.45. The highest BCUT2D eigenvalue weighted by molar-refractivity contribution is 5.78. The maximum Gasteiger partial charge on any atom is 0.234 e. The number of ether oxygens (including phenoxy) is 2. The zero-order valence-corrected chi connectivity index (χ0v) is 19.0. The highest BCUT2D eigenvalue weighted by Crippen LogP contribution is 2.51. The molecule has 1 saturated carbocycles. The zero-order valence-electron chi connectivity index (χ0n) is 19.0. The third-order valence-corrected chi connectivity index (χ3v) is 7.11. The minimum absolute atomic E-state index is 0.0121. The van der Waals surface area contributed by atoms with Gasteiger partial charge in [-0.05, 0) is 43.0 Å². The number of hydrogen-bond acceptors (Lipinski definition) is 5. The van der Waals surface area contributed by atoms with Gasteiger partial charge in [-0.1, -0.05) is 43.2 Å². The summed E-state index contributed by atoms with van der Waals surface area (Å²) in [5.74, 6) is 1.55. The van der Waals surface area contributed by atoms with Crippen LogP contribution in [0.1, 0.15) is 49.3 Å². The molecule has 0 spiro atoms. The number of amides is 1. The van der Waals surface area contributed by atoms with Gasteiger partial charge in [0.1, 0.15) is 11.5 Å². The lowest BCUT2D eigenvalue weighted by Gasteiger charge is -2.52. The van der Waals surface area contributed by atoms with E-state index in [1.165, 1.54) is 0 Å². The third kappa shape index (κ3) is 4.76. The summed E-state index contributed by atoms with van der Waals surface area (Å²) in [6, 6.07) is 15.6. The summed E-state index contributed by atoms with van der Waals surface area (Å²) in [6.07, 6.45) is 4.57. The highest BCUT2D eigenvalue weighted by atomic mass is 16.5. The first kappa shape index (κ1) is 22.6. The molecule has 1 aliphatic carbocycles. The molecule has 2 N–H and O–H groups in total. The summed E-state index contributed by atoms with van der Waals surface area (Å²) < 4.78 is 11.2. The van der Waals surface area contributed by atoms with Gasteiger partial charge in [0.05, 0.1) is 26.4 Å². The first-order valence-corrected chi connectivity index (χ1v) is 11.5. The van der Waals surface area contributed by atoms with Crippen LogP contribution >= 0.6 is 0 Å². The van der Waals surface area contributed by atoms with Gasteiger partial charge in [-0.15, -0.1) is 0 Å². The second kappa shape index (κ2) is 9.92. The Morgan fingerprint density at radius 1 is 1.12 bits per heavy atom. The number of carbonyl (C=O) groups is 1. The lowest BCUT2D eigenvalue weighted by Crippen LogP contribution is -2.56. The molecule has 32 heavy (non-hydrogen) atoms. The normalized spacial score (nSPS) is 25.6. The Morgan fingerprint density at radius 3 is 2.69 bits per heavy atom. The largest absolute Gasteiger partial charge is 0.497 e. The molecule has 2 aromatic carbocycles. The zero-order chi connectivity index (χ0) is 22.6. The molecule has 3 atom stereocenters. The fourth-order valence-corrected chi connectivity index (χ4v) is 5.44. The van der Waals surface area contributed by atoms with Crippen molar-refractivity contribution < 1.29 is 19.4 Å². The molecular formula is C26H34N2O4. The topological polar surface area (TPSA) is 71.0 Å². The number of methoxy groups -OCH3 is 2. The van der Waals surface area contributed by atoms with E-state index in [4.69, 9.17) is 9.47 Å². The van der Waals surface area contributed by atoms with Crippen molar-refractivity contribution in [2.45, 2.75) is 50.3 Å². The van der Waals surface area contributed by atoms with Crippen LogP contribution < -0.4 is 14.8 Å². The number of aliphatic hydroxyl groups is 1. The molecule has 172 valence electrons. The fourth-order valence-electron chi connectivity index (χ4n) is 5.44. The van der Waals surface area contributed by atoms with E-state index in [-0.39, 0.29) is 24.4 Å². The van der Waals surface area contributed by atoms with Crippen LogP contribution in [0.15, 0.2) is 48.5 Å². The smallest absolute Gasteiger partial charge is 0.234 e. The molecule has 1 saturated heterocycles. The van der Waals surface area contributed by atoms with Gasteiger partial charge in [0.25, 0.3) is 0 Å². The SMILES string of the molecule is COc1ccc(OC)c(C2C3CCCCC3(O)CCN2CC(=O)NCc2ccccc2)c1. The van der Waals surface area contributed by atoms with Gasteiger partial charge in [0.2, 0.25) is 5.91 Å². The molecule has 3 unspecified atom stereocenters. The average molecular weight is 439 g/mol. The van der Waals surface area contributed by atoms with E-state index in [0.29, 0.717) is 19.5 Å². The lowest BCUT2D eigenvalue weighted by atomic mass is 9.66. The van der Waals surface area contributed by atoms with Gasteiger partial charge in [0, 0.05) is 30.6 Å². The minimum Gasteiger partial charge on any atom is -0.497 e. The van der Waals surface area contributed by atoms with Crippen molar-refractivity contribution in [3.8, 4) is 11.5 Å². The molecule has 2 aliphatic rings. The molecule has 1 aliphatic heterocycles. The summed E-state index contributed by atoms with van der Waals surface area (Å²) >= 11 is 0. The Labute approximate surface area is 190 Å². The van der Waals surface area contributed by atoms with Crippen molar-refractivity contribution in [2.24, 2.45) is 5.92 Å². The number of nitrogens with zero attached hydrogens (tertiary/aromatic N) is 1. The van der Waals surface area contributed by atoms with Crippen molar-refractivity contribution in [2.75, 3.05) is 27.3 Å². The van der Waals surface area contributed by atoms with Gasteiger partial charge in [-0.3, -0.25) is 9.69 Å². The highest BCUT2D eigenvalue weighted by Gasteiger charge is 2.49. The second-order valence-corrected chi connectivity index (χ2v) is 8.99. The van der Waals surface area contributed by atoms with E-state index in [1.54, 1.807) is 14.2 Å². The number of likely N-dealkylation sites (tertiary alicyclic amines) is 1. The van der Waals surface area contributed by atoms with Crippen LogP contribution in [-0.2, 0) is 11.3 Å². The van der Waals surface area contributed by atoms with E-state index in [9.17, 15) is 9.90 Å². The van der Waals surface area contributed by atoms with Crippen LogP contribution in [0.3, 0.4) is 0 Å². The lowest BCUT2D eigenvalue weighted by molar-refractivity contribution is -0.138. The standard InChI is InChI=1S/C26H34N2O4/c1-31-20-11-12-23(32-2)21(16-20)25-22-10-6-7-13-26(22,30)14-15-28(25)18-24(29)27-17-19-8-4-3-5-9-19/h3-5,8-9,11-12,16,22,25,30H,6-7,10,13-15,17-18H2,1-2H3,(H,27,29).